The Kier molecular flexibility index (Phi) is 3.95. The third-order valence-corrected chi connectivity index (χ3v) is 4.74. The lowest BCUT2D eigenvalue weighted by atomic mass is 9.88. The number of anilines is 1. The van der Waals surface area contributed by atoms with Crippen molar-refractivity contribution in [3.63, 3.8) is 0 Å². The number of aryl methyl sites for hydroxylation is 1. The molecule has 1 N–H and O–H groups in total. The zero-order chi connectivity index (χ0) is 13.9. The van der Waals surface area contributed by atoms with Crippen LogP contribution in [0.4, 0.5) is 5.69 Å². The van der Waals surface area contributed by atoms with E-state index in [4.69, 9.17) is 5.11 Å². The monoisotopic (exact) mass is 273 g/mol. The van der Waals surface area contributed by atoms with Crippen molar-refractivity contribution in [2.24, 2.45) is 5.92 Å². The third kappa shape index (κ3) is 2.82. The minimum Gasteiger partial charge on any atom is -0.478 e. The van der Waals surface area contributed by atoms with Crippen LogP contribution in [0.1, 0.15) is 54.4 Å². The first-order valence-electron chi connectivity index (χ1n) is 7.85. The zero-order valence-electron chi connectivity index (χ0n) is 12.0. The summed E-state index contributed by atoms with van der Waals surface area (Å²) in [5, 5.41) is 9.10. The largest absolute Gasteiger partial charge is 0.478 e. The first kappa shape index (κ1) is 13.5. The number of rotatable bonds is 3. The second-order valence-corrected chi connectivity index (χ2v) is 6.20. The number of hydrogen-bond acceptors (Lipinski definition) is 2. The maximum atomic E-state index is 11.1. The molecular weight excluding hydrogens is 250 g/mol. The molecule has 0 bridgehead atoms. The predicted molar refractivity (Wildman–Crippen MR) is 80.5 cm³/mol. The van der Waals surface area contributed by atoms with E-state index in [1.807, 2.05) is 12.1 Å². The van der Waals surface area contributed by atoms with Gasteiger partial charge in [-0.3, -0.25) is 0 Å². The van der Waals surface area contributed by atoms with E-state index in [1.165, 1.54) is 43.4 Å². The zero-order valence-corrected chi connectivity index (χ0v) is 12.0. The van der Waals surface area contributed by atoms with E-state index in [0.717, 1.165) is 31.8 Å². The fraction of sp³-hybridized carbons (Fsp3) is 0.588. The van der Waals surface area contributed by atoms with E-state index in [1.54, 1.807) is 6.07 Å². The SMILES string of the molecule is O=C(O)c1ccc2c(c1)CCCN2CC1CCCCC1. The summed E-state index contributed by atoms with van der Waals surface area (Å²) < 4.78 is 0. The van der Waals surface area contributed by atoms with Crippen molar-refractivity contribution in [1.29, 1.82) is 0 Å². The average Bonchev–Trinajstić information content (AvgIpc) is 2.48. The van der Waals surface area contributed by atoms with Gasteiger partial charge in [0, 0.05) is 18.8 Å². The molecule has 1 aliphatic carbocycles. The van der Waals surface area contributed by atoms with Gasteiger partial charge >= 0.3 is 5.97 Å². The maximum absolute atomic E-state index is 11.1. The molecule has 1 aromatic carbocycles. The van der Waals surface area contributed by atoms with Crippen molar-refractivity contribution in [3.8, 4) is 0 Å². The van der Waals surface area contributed by atoms with Gasteiger partial charge in [0.1, 0.15) is 0 Å². The van der Waals surface area contributed by atoms with Gasteiger partial charge < -0.3 is 10.0 Å². The summed E-state index contributed by atoms with van der Waals surface area (Å²) in [4.78, 5) is 13.6. The second kappa shape index (κ2) is 5.86. The van der Waals surface area contributed by atoms with Crippen LogP contribution in [0.15, 0.2) is 18.2 Å². The molecule has 1 aliphatic heterocycles. The highest BCUT2D eigenvalue weighted by atomic mass is 16.4. The van der Waals surface area contributed by atoms with Crippen molar-refractivity contribution in [2.75, 3.05) is 18.0 Å². The molecule has 1 aromatic rings. The second-order valence-electron chi connectivity index (χ2n) is 6.20. The normalized spacial score (nSPS) is 19.7. The van der Waals surface area contributed by atoms with Crippen LogP contribution in [0.2, 0.25) is 0 Å². The standard InChI is InChI=1S/C17H23NO2/c19-17(20)15-8-9-16-14(11-15)7-4-10-18(16)12-13-5-2-1-3-6-13/h8-9,11,13H,1-7,10,12H2,(H,19,20). The quantitative estimate of drug-likeness (QED) is 0.912. The first-order chi connectivity index (χ1) is 9.74. The molecule has 1 heterocycles. The van der Waals surface area contributed by atoms with E-state index < -0.39 is 5.97 Å². The maximum Gasteiger partial charge on any atom is 0.335 e. The Bertz CT molecular complexity index is 492. The number of hydrogen-bond donors (Lipinski definition) is 1. The molecule has 108 valence electrons. The molecule has 0 amide bonds. The summed E-state index contributed by atoms with van der Waals surface area (Å²) in [7, 11) is 0. The molecule has 0 spiro atoms. The molecule has 0 aromatic heterocycles. The van der Waals surface area contributed by atoms with E-state index in [0.29, 0.717) is 5.56 Å². The van der Waals surface area contributed by atoms with Crippen LogP contribution >= 0.6 is 0 Å². The third-order valence-electron chi connectivity index (χ3n) is 4.74. The molecule has 3 nitrogen and oxygen atoms in total. The van der Waals surface area contributed by atoms with Gasteiger partial charge in [0.2, 0.25) is 0 Å². The van der Waals surface area contributed by atoms with Crippen LogP contribution < -0.4 is 4.90 Å². The molecule has 3 heteroatoms. The van der Waals surface area contributed by atoms with Gasteiger partial charge in [0.05, 0.1) is 5.56 Å². The van der Waals surface area contributed by atoms with Crippen molar-refractivity contribution in [2.45, 2.75) is 44.9 Å². The highest BCUT2D eigenvalue weighted by Gasteiger charge is 2.22. The van der Waals surface area contributed by atoms with Crippen LogP contribution in [0.5, 0.6) is 0 Å². The number of fused-ring (bicyclic) bond motifs is 1. The number of aromatic carboxylic acids is 1. The van der Waals surface area contributed by atoms with Crippen LogP contribution in [0, 0.1) is 5.92 Å². The van der Waals surface area contributed by atoms with E-state index in [-0.39, 0.29) is 0 Å². The molecule has 0 unspecified atom stereocenters. The van der Waals surface area contributed by atoms with Crippen LogP contribution in [-0.4, -0.2) is 24.2 Å². The fourth-order valence-electron chi connectivity index (χ4n) is 3.68. The smallest absolute Gasteiger partial charge is 0.335 e. The Morgan fingerprint density at radius 3 is 2.75 bits per heavy atom. The van der Waals surface area contributed by atoms with Gasteiger partial charge in [-0.15, -0.1) is 0 Å². The lowest BCUT2D eigenvalue weighted by Crippen LogP contribution is -2.34. The van der Waals surface area contributed by atoms with Crippen LogP contribution in [0.25, 0.3) is 0 Å². The van der Waals surface area contributed by atoms with Gasteiger partial charge in [0.25, 0.3) is 0 Å². The molecule has 1 saturated carbocycles. The molecule has 2 aliphatic rings. The van der Waals surface area contributed by atoms with E-state index in [9.17, 15) is 4.79 Å². The highest BCUT2D eigenvalue weighted by molar-refractivity contribution is 5.88. The molecule has 3 rings (SSSR count). The Balaban J connectivity index is 1.77. The van der Waals surface area contributed by atoms with Gasteiger partial charge in [-0.05, 0) is 55.4 Å². The Labute approximate surface area is 120 Å². The fourth-order valence-corrected chi connectivity index (χ4v) is 3.68. The number of benzene rings is 1. The minimum atomic E-state index is -0.822. The molecule has 20 heavy (non-hydrogen) atoms. The number of nitrogens with zero attached hydrogens (tertiary/aromatic N) is 1. The first-order valence-corrected chi connectivity index (χ1v) is 7.85. The van der Waals surface area contributed by atoms with Crippen molar-refractivity contribution in [1.82, 2.24) is 0 Å². The van der Waals surface area contributed by atoms with Crippen LogP contribution in [0.3, 0.4) is 0 Å². The van der Waals surface area contributed by atoms with Gasteiger partial charge in [0.15, 0.2) is 0 Å². The highest BCUT2D eigenvalue weighted by Crippen LogP contribution is 2.31. The summed E-state index contributed by atoms with van der Waals surface area (Å²) in [6, 6.07) is 5.63. The number of carboxylic acid groups (broad SMARTS) is 1. The Morgan fingerprint density at radius 2 is 2.00 bits per heavy atom. The topological polar surface area (TPSA) is 40.5 Å². The molecule has 0 saturated heterocycles. The summed E-state index contributed by atoms with van der Waals surface area (Å²) in [5.41, 5.74) is 2.90. The summed E-state index contributed by atoms with van der Waals surface area (Å²) in [6.45, 7) is 2.27. The van der Waals surface area contributed by atoms with Crippen LogP contribution in [-0.2, 0) is 6.42 Å². The lowest BCUT2D eigenvalue weighted by molar-refractivity contribution is 0.0697. The van der Waals surface area contributed by atoms with Crippen molar-refractivity contribution >= 4 is 11.7 Å². The molecule has 1 fully saturated rings. The predicted octanol–water partition coefficient (Wildman–Crippen LogP) is 3.72. The molecular formula is C17H23NO2. The minimum absolute atomic E-state index is 0.420. The number of carboxylic acids is 1. The Morgan fingerprint density at radius 1 is 1.20 bits per heavy atom. The van der Waals surface area contributed by atoms with E-state index in [2.05, 4.69) is 4.90 Å². The van der Waals surface area contributed by atoms with Crippen molar-refractivity contribution < 1.29 is 9.90 Å². The van der Waals surface area contributed by atoms with E-state index >= 15 is 0 Å². The summed E-state index contributed by atoms with van der Waals surface area (Å²) in [5.74, 6) is 0.00561. The van der Waals surface area contributed by atoms with Gasteiger partial charge in [-0.25, -0.2) is 4.79 Å². The Hall–Kier alpha value is -1.51. The average molecular weight is 273 g/mol. The molecule has 0 atom stereocenters. The van der Waals surface area contributed by atoms with Crippen molar-refractivity contribution in [3.05, 3.63) is 29.3 Å². The molecule has 0 radical (unpaired) electrons. The number of carbonyl (C=O) groups is 1. The summed E-state index contributed by atoms with van der Waals surface area (Å²) >= 11 is 0. The lowest BCUT2D eigenvalue weighted by Gasteiger charge is -2.35. The van der Waals surface area contributed by atoms with Gasteiger partial charge in [-0.1, -0.05) is 19.3 Å². The van der Waals surface area contributed by atoms with Gasteiger partial charge in [-0.2, -0.15) is 0 Å². The summed E-state index contributed by atoms with van der Waals surface area (Å²) in [6.07, 6.45) is 9.03.